The minimum atomic E-state index is 0.939. The summed E-state index contributed by atoms with van der Waals surface area (Å²) in [5.74, 6) is 1.24. The molecule has 4 heteroatoms. The van der Waals surface area contributed by atoms with Crippen molar-refractivity contribution in [2.24, 2.45) is 7.05 Å². The van der Waals surface area contributed by atoms with Gasteiger partial charge in [0.1, 0.15) is 0 Å². The van der Waals surface area contributed by atoms with E-state index in [-0.39, 0.29) is 0 Å². The van der Waals surface area contributed by atoms with E-state index in [9.17, 15) is 0 Å². The van der Waals surface area contributed by atoms with Gasteiger partial charge in [-0.25, -0.2) is 0 Å². The Morgan fingerprint density at radius 3 is 2.93 bits per heavy atom. The summed E-state index contributed by atoms with van der Waals surface area (Å²) in [5.41, 5.74) is 2.55. The van der Waals surface area contributed by atoms with Gasteiger partial charge in [-0.15, -0.1) is 0 Å². The molecule has 3 nitrogen and oxygen atoms in total. The van der Waals surface area contributed by atoms with Crippen molar-refractivity contribution in [2.45, 2.75) is 19.9 Å². The van der Waals surface area contributed by atoms with Gasteiger partial charge in [-0.05, 0) is 31.9 Å². The van der Waals surface area contributed by atoms with Crippen molar-refractivity contribution in [3.8, 4) is 0 Å². The largest absolute Gasteiger partial charge is 0.313 e. The van der Waals surface area contributed by atoms with Crippen molar-refractivity contribution >= 4 is 11.8 Å². The second kappa shape index (κ2) is 6.09. The molecule has 80 valence electrons. The fourth-order valence-electron chi connectivity index (χ4n) is 1.28. The highest BCUT2D eigenvalue weighted by atomic mass is 32.2. The molecule has 1 heterocycles. The summed E-state index contributed by atoms with van der Waals surface area (Å²) >= 11 is 1.90. The molecule has 0 aliphatic heterocycles. The zero-order chi connectivity index (χ0) is 10.4. The van der Waals surface area contributed by atoms with E-state index >= 15 is 0 Å². The van der Waals surface area contributed by atoms with Crippen molar-refractivity contribution in [3.05, 3.63) is 17.5 Å². The molecule has 0 saturated heterocycles. The Kier molecular flexibility index (Phi) is 5.04. The van der Waals surface area contributed by atoms with Crippen LogP contribution >= 0.6 is 11.8 Å². The molecule has 0 unspecified atom stereocenters. The maximum atomic E-state index is 4.20. The van der Waals surface area contributed by atoms with Crippen molar-refractivity contribution in [1.82, 2.24) is 15.1 Å². The molecule has 1 aromatic heterocycles. The SMILES string of the molecule is CSCCCNCc1cnn(C)c1C. The topological polar surface area (TPSA) is 29.9 Å². The van der Waals surface area contributed by atoms with E-state index < -0.39 is 0 Å². The standard InChI is InChI=1S/C10H19N3S/c1-9-10(8-12-13(9)2)7-11-5-4-6-14-3/h8,11H,4-7H2,1-3H3. The smallest absolute Gasteiger partial charge is 0.0537 e. The van der Waals surface area contributed by atoms with Gasteiger partial charge in [-0.3, -0.25) is 4.68 Å². The van der Waals surface area contributed by atoms with Gasteiger partial charge in [0.25, 0.3) is 0 Å². The van der Waals surface area contributed by atoms with Crippen LogP contribution in [-0.4, -0.2) is 28.3 Å². The third kappa shape index (κ3) is 3.35. The van der Waals surface area contributed by atoms with Crippen molar-refractivity contribution in [1.29, 1.82) is 0 Å². The number of hydrogen-bond donors (Lipinski definition) is 1. The quantitative estimate of drug-likeness (QED) is 0.728. The number of hydrogen-bond acceptors (Lipinski definition) is 3. The summed E-state index contributed by atoms with van der Waals surface area (Å²) in [7, 11) is 1.98. The van der Waals surface area contributed by atoms with Crippen molar-refractivity contribution < 1.29 is 0 Å². The molecule has 0 saturated carbocycles. The third-order valence-corrected chi connectivity index (χ3v) is 3.05. The molecule has 0 bridgehead atoms. The summed E-state index contributed by atoms with van der Waals surface area (Å²) < 4.78 is 1.92. The summed E-state index contributed by atoms with van der Waals surface area (Å²) in [6, 6.07) is 0. The lowest BCUT2D eigenvalue weighted by molar-refractivity contribution is 0.672. The summed E-state index contributed by atoms with van der Waals surface area (Å²) in [4.78, 5) is 0. The van der Waals surface area contributed by atoms with E-state index in [2.05, 4.69) is 23.6 Å². The number of nitrogens with one attached hydrogen (secondary N) is 1. The first-order valence-electron chi connectivity index (χ1n) is 4.93. The van der Waals surface area contributed by atoms with E-state index in [1.54, 1.807) is 0 Å². The van der Waals surface area contributed by atoms with Gasteiger partial charge in [-0.2, -0.15) is 16.9 Å². The molecule has 0 fully saturated rings. The first-order chi connectivity index (χ1) is 6.75. The summed E-state index contributed by atoms with van der Waals surface area (Å²) in [6.07, 6.45) is 5.32. The van der Waals surface area contributed by atoms with Crippen LogP contribution in [0.4, 0.5) is 0 Å². The average Bonchev–Trinajstić information content (AvgIpc) is 2.49. The third-order valence-electron chi connectivity index (χ3n) is 2.35. The number of thioether (sulfide) groups is 1. The average molecular weight is 213 g/mol. The Bertz CT molecular complexity index is 270. The second-order valence-electron chi connectivity index (χ2n) is 3.40. The lowest BCUT2D eigenvalue weighted by Crippen LogP contribution is -2.15. The van der Waals surface area contributed by atoms with Gasteiger partial charge in [0, 0.05) is 24.8 Å². The molecular weight excluding hydrogens is 194 g/mol. The second-order valence-corrected chi connectivity index (χ2v) is 4.39. The molecule has 0 spiro atoms. The Morgan fingerprint density at radius 1 is 1.57 bits per heavy atom. The maximum Gasteiger partial charge on any atom is 0.0537 e. The van der Waals surface area contributed by atoms with Crippen LogP contribution in [0.2, 0.25) is 0 Å². The highest BCUT2D eigenvalue weighted by molar-refractivity contribution is 7.98. The molecular formula is C10H19N3S. The molecule has 0 atom stereocenters. The lowest BCUT2D eigenvalue weighted by Gasteiger charge is -2.03. The van der Waals surface area contributed by atoms with E-state index in [1.807, 2.05) is 29.7 Å². The van der Waals surface area contributed by atoms with Crippen LogP contribution in [0.25, 0.3) is 0 Å². The Balaban J connectivity index is 2.21. The summed E-state index contributed by atoms with van der Waals surface area (Å²) in [5, 5.41) is 7.63. The van der Waals surface area contributed by atoms with E-state index in [0.717, 1.165) is 13.1 Å². The zero-order valence-corrected chi connectivity index (χ0v) is 10.0. The van der Waals surface area contributed by atoms with E-state index in [0.29, 0.717) is 0 Å². The zero-order valence-electron chi connectivity index (χ0n) is 9.21. The number of aromatic nitrogens is 2. The molecule has 0 aromatic carbocycles. The first kappa shape index (κ1) is 11.6. The van der Waals surface area contributed by atoms with Crippen LogP contribution in [0.5, 0.6) is 0 Å². The summed E-state index contributed by atoms with van der Waals surface area (Å²) in [6.45, 7) is 4.13. The van der Waals surface area contributed by atoms with Gasteiger partial charge in [0.15, 0.2) is 0 Å². The molecule has 0 radical (unpaired) electrons. The Labute approximate surface area is 90.3 Å². The van der Waals surface area contributed by atoms with Crippen molar-refractivity contribution in [3.63, 3.8) is 0 Å². The van der Waals surface area contributed by atoms with Gasteiger partial charge < -0.3 is 5.32 Å². The van der Waals surface area contributed by atoms with Crippen LogP contribution in [0.1, 0.15) is 17.7 Å². The normalized spacial score (nSPS) is 10.8. The van der Waals surface area contributed by atoms with E-state index in [4.69, 9.17) is 0 Å². The van der Waals surface area contributed by atoms with Crippen molar-refractivity contribution in [2.75, 3.05) is 18.6 Å². The Morgan fingerprint density at radius 2 is 2.36 bits per heavy atom. The Hall–Kier alpha value is -0.480. The lowest BCUT2D eigenvalue weighted by atomic mass is 10.2. The molecule has 14 heavy (non-hydrogen) atoms. The van der Waals surface area contributed by atoms with Crippen LogP contribution in [0.3, 0.4) is 0 Å². The molecule has 0 aliphatic carbocycles. The molecule has 0 aliphatic rings. The van der Waals surface area contributed by atoms with Gasteiger partial charge in [-0.1, -0.05) is 0 Å². The number of aryl methyl sites for hydroxylation is 1. The fraction of sp³-hybridized carbons (Fsp3) is 0.700. The van der Waals surface area contributed by atoms with Crippen LogP contribution in [0, 0.1) is 6.92 Å². The molecule has 0 amide bonds. The molecule has 1 N–H and O–H groups in total. The number of rotatable bonds is 6. The van der Waals surface area contributed by atoms with E-state index in [1.165, 1.54) is 23.4 Å². The first-order valence-corrected chi connectivity index (χ1v) is 6.32. The predicted molar refractivity (Wildman–Crippen MR) is 62.7 cm³/mol. The van der Waals surface area contributed by atoms with Crippen LogP contribution < -0.4 is 5.32 Å². The van der Waals surface area contributed by atoms with Crippen LogP contribution in [0.15, 0.2) is 6.20 Å². The van der Waals surface area contributed by atoms with Gasteiger partial charge in [0.05, 0.1) is 6.20 Å². The molecule has 1 rings (SSSR count). The number of nitrogens with zero attached hydrogens (tertiary/aromatic N) is 2. The minimum Gasteiger partial charge on any atom is -0.313 e. The van der Waals surface area contributed by atoms with Gasteiger partial charge in [0.2, 0.25) is 0 Å². The fourth-order valence-corrected chi connectivity index (χ4v) is 1.72. The minimum absolute atomic E-state index is 0.939. The van der Waals surface area contributed by atoms with Gasteiger partial charge >= 0.3 is 0 Å². The maximum absolute atomic E-state index is 4.20. The highest BCUT2D eigenvalue weighted by Crippen LogP contribution is 2.04. The monoisotopic (exact) mass is 213 g/mol. The van der Waals surface area contributed by atoms with Crippen LogP contribution in [-0.2, 0) is 13.6 Å². The highest BCUT2D eigenvalue weighted by Gasteiger charge is 2.01. The molecule has 1 aromatic rings. The predicted octanol–water partition coefficient (Wildman–Crippen LogP) is 1.57.